The lowest BCUT2D eigenvalue weighted by atomic mass is 9.91. The van der Waals surface area contributed by atoms with Crippen LogP contribution in [0.25, 0.3) is 22.3 Å². The number of halogens is 1. The van der Waals surface area contributed by atoms with Crippen molar-refractivity contribution in [1.29, 1.82) is 5.26 Å². The molecule has 1 aliphatic carbocycles. The van der Waals surface area contributed by atoms with Crippen molar-refractivity contribution < 1.29 is 4.39 Å². The van der Waals surface area contributed by atoms with Gasteiger partial charge in [0.15, 0.2) is 0 Å². The van der Waals surface area contributed by atoms with Crippen molar-refractivity contribution in [3.63, 3.8) is 0 Å². The van der Waals surface area contributed by atoms with Crippen LogP contribution in [-0.2, 0) is 5.41 Å². The Balaban J connectivity index is 1.82. The van der Waals surface area contributed by atoms with Gasteiger partial charge in [-0.2, -0.15) is 5.26 Å². The molecule has 3 aromatic carbocycles. The standard InChI is InChI=1S/C22H16FN/c23-21-14-17(22(15-24)12-13-22)10-11-20(21)19-9-5-4-8-18(19)16-6-2-1-3-7-16/h1-11,14H,12-13H2. The van der Waals surface area contributed by atoms with Gasteiger partial charge in [0.1, 0.15) is 5.82 Å². The highest BCUT2D eigenvalue weighted by Gasteiger charge is 2.45. The highest BCUT2D eigenvalue weighted by molar-refractivity contribution is 5.83. The fraction of sp³-hybridized carbons (Fsp3) is 0.136. The lowest BCUT2D eigenvalue weighted by Crippen LogP contribution is -2.03. The number of hydrogen-bond acceptors (Lipinski definition) is 1. The third kappa shape index (κ3) is 2.39. The molecule has 1 aliphatic rings. The molecule has 0 aliphatic heterocycles. The first-order valence-electron chi connectivity index (χ1n) is 8.10. The number of benzene rings is 3. The van der Waals surface area contributed by atoms with Gasteiger partial charge in [0.2, 0.25) is 0 Å². The van der Waals surface area contributed by atoms with Crippen LogP contribution in [0.4, 0.5) is 4.39 Å². The monoisotopic (exact) mass is 313 g/mol. The zero-order valence-electron chi connectivity index (χ0n) is 13.2. The summed E-state index contributed by atoms with van der Waals surface area (Å²) in [4.78, 5) is 0. The second-order valence-electron chi connectivity index (χ2n) is 6.30. The van der Waals surface area contributed by atoms with Crippen LogP contribution in [0, 0.1) is 17.1 Å². The molecule has 0 unspecified atom stereocenters. The average Bonchev–Trinajstić information content (AvgIpc) is 3.44. The van der Waals surface area contributed by atoms with E-state index in [9.17, 15) is 9.65 Å². The minimum Gasteiger partial charge on any atom is -0.206 e. The van der Waals surface area contributed by atoms with E-state index in [4.69, 9.17) is 0 Å². The fourth-order valence-corrected chi connectivity index (χ4v) is 3.21. The van der Waals surface area contributed by atoms with Crippen molar-refractivity contribution in [2.24, 2.45) is 0 Å². The lowest BCUT2D eigenvalue weighted by molar-refractivity contribution is 0.627. The molecular formula is C22H16FN. The summed E-state index contributed by atoms with van der Waals surface area (Å²) >= 11 is 0. The van der Waals surface area contributed by atoms with E-state index in [-0.39, 0.29) is 5.82 Å². The minimum absolute atomic E-state index is 0.266. The van der Waals surface area contributed by atoms with Gasteiger partial charge in [0, 0.05) is 5.56 Å². The van der Waals surface area contributed by atoms with Gasteiger partial charge in [-0.15, -0.1) is 0 Å². The molecule has 24 heavy (non-hydrogen) atoms. The van der Waals surface area contributed by atoms with Gasteiger partial charge >= 0.3 is 0 Å². The molecule has 1 nitrogen and oxygen atoms in total. The fourth-order valence-electron chi connectivity index (χ4n) is 3.21. The maximum absolute atomic E-state index is 14.8. The molecule has 1 saturated carbocycles. The van der Waals surface area contributed by atoms with Crippen LogP contribution in [0.5, 0.6) is 0 Å². The summed E-state index contributed by atoms with van der Waals surface area (Å²) in [6.45, 7) is 0. The maximum Gasteiger partial charge on any atom is 0.131 e. The van der Waals surface area contributed by atoms with E-state index in [1.807, 2.05) is 66.7 Å². The second kappa shape index (κ2) is 5.62. The Bertz CT molecular complexity index is 934. The van der Waals surface area contributed by atoms with E-state index in [2.05, 4.69) is 6.07 Å². The van der Waals surface area contributed by atoms with Crippen LogP contribution in [0.2, 0.25) is 0 Å². The molecule has 0 atom stereocenters. The summed E-state index contributed by atoms with van der Waals surface area (Å²) in [6.07, 6.45) is 1.64. The van der Waals surface area contributed by atoms with Crippen molar-refractivity contribution >= 4 is 0 Å². The first kappa shape index (κ1) is 14.7. The molecule has 0 spiro atoms. The molecule has 3 aromatic rings. The summed E-state index contributed by atoms with van der Waals surface area (Å²) in [6, 6.07) is 25.4. The van der Waals surface area contributed by atoms with Crippen LogP contribution in [0.1, 0.15) is 18.4 Å². The van der Waals surface area contributed by atoms with Crippen molar-refractivity contribution in [3.05, 3.63) is 84.2 Å². The number of rotatable bonds is 3. The molecule has 0 radical (unpaired) electrons. The number of nitrogens with zero attached hydrogens (tertiary/aromatic N) is 1. The molecule has 0 bridgehead atoms. The summed E-state index contributed by atoms with van der Waals surface area (Å²) in [5, 5.41) is 9.31. The van der Waals surface area contributed by atoms with Gasteiger partial charge in [0.25, 0.3) is 0 Å². The first-order chi connectivity index (χ1) is 11.7. The predicted molar refractivity (Wildman–Crippen MR) is 93.8 cm³/mol. The van der Waals surface area contributed by atoms with Gasteiger partial charge in [0.05, 0.1) is 11.5 Å². The van der Waals surface area contributed by atoms with Crippen LogP contribution >= 0.6 is 0 Å². The number of nitriles is 1. The smallest absolute Gasteiger partial charge is 0.131 e. The molecule has 0 amide bonds. The molecule has 0 saturated heterocycles. The molecule has 1 fully saturated rings. The third-order valence-corrected chi connectivity index (χ3v) is 4.79. The highest BCUT2D eigenvalue weighted by Crippen LogP contribution is 2.48. The predicted octanol–water partition coefficient (Wildman–Crippen LogP) is 5.71. The van der Waals surface area contributed by atoms with Crippen LogP contribution in [0.15, 0.2) is 72.8 Å². The molecule has 2 heteroatoms. The van der Waals surface area contributed by atoms with E-state index in [0.717, 1.165) is 35.1 Å². The normalized spacial score (nSPS) is 14.8. The summed E-state index contributed by atoms with van der Waals surface area (Å²) < 4.78 is 14.8. The van der Waals surface area contributed by atoms with Gasteiger partial charge in [-0.05, 0) is 41.2 Å². The SMILES string of the molecule is N#CC1(c2ccc(-c3ccccc3-c3ccccc3)c(F)c2)CC1. The Kier molecular flexibility index (Phi) is 3.43. The highest BCUT2D eigenvalue weighted by atomic mass is 19.1. The first-order valence-corrected chi connectivity index (χ1v) is 8.10. The Hall–Kier alpha value is -2.92. The molecule has 116 valence electrons. The molecule has 4 rings (SSSR count). The van der Waals surface area contributed by atoms with E-state index in [1.54, 1.807) is 0 Å². The molecular weight excluding hydrogens is 297 g/mol. The van der Waals surface area contributed by atoms with E-state index < -0.39 is 5.41 Å². The zero-order valence-corrected chi connectivity index (χ0v) is 13.2. The number of hydrogen-bond donors (Lipinski definition) is 0. The maximum atomic E-state index is 14.8. The van der Waals surface area contributed by atoms with Gasteiger partial charge in [-0.3, -0.25) is 0 Å². The Morgan fingerprint density at radius 1 is 0.792 bits per heavy atom. The zero-order chi connectivity index (χ0) is 16.6. The third-order valence-electron chi connectivity index (χ3n) is 4.79. The summed E-state index contributed by atoms with van der Waals surface area (Å²) in [5.74, 6) is -0.266. The Labute approximate surface area is 141 Å². The molecule has 0 heterocycles. The second-order valence-corrected chi connectivity index (χ2v) is 6.30. The van der Waals surface area contributed by atoms with Crippen LogP contribution < -0.4 is 0 Å². The Morgan fingerprint density at radius 2 is 1.46 bits per heavy atom. The van der Waals surface area contributed by atoms with Crippen LogP contribution in [0.3, 0.4) is 0 Å². The summed E-state index contributed by atoms with van der Waals surface area (Å²) in [5.41, 5.74) is 3.85. The van der Waals surface area contributed by atoms with E-state index in [1.165, 1.54) is 6.07 Å². The van der Waals surface area contributed by atoms with Gasteiger partial charge in [-0.1, -0.05) is 66.7 Å². The van der Waals surface area contributed by atoms with Crippen molar-refractivity contribution in [3.8, 4) is 28.3 Å². The Morgan fingerprint density at radius 3 is 2.08 bits per heavy atom. The van der Waals surface area contributed by atoms with E-state index >= 15 is 0 Å². The largest absolute Gasteiger partial charge is 0.206 e. The van der Waals surface area contributed by atoms with Crippen LogP contribution in [-0.4, -0.2) is 0 Å². The lowest BCUT2D eigenvalue weighted by Gasteiger charge is -2.13. The topological polar surface area (TPSA) is 23.8 Å². The summed E-state index contributed by atoms with van der Waals surface area (Å²) in [7, 11) is 0. The van der Waals surface area contributed by atoms with Crippen molar-refractivity contribution in [1.82, 2.24) is 0 Å². The molecule has 0 N–H and O–H groups in total. The van der Waals surface area contributed by atoms with Gasteiger partial charge in [-0.25, -0.2) is 4.39 Å². The minimum atomic E-state index is -0.460. The van der Waals surface area contributed by atoms with Crippen molar-refractivity contribution in [2.75, 3.05) is 0 Å². The van der Waals surface area contributed by atoms with Crippen molar-refractivity contribution in [2.45, 2.75) is 18.3 Å². The quantitative estimate of drug-likeness (QED) is 0.607. The average molecular weight is 313 g/mol. The van der Waals surface area contributed by atoms with Gasteiger partial charge < -0.3 is 0 Å². The molecule has 0 aromatic heterocycles. The van der Waals surface area contributed by atoms with E-state index in [0.29, 0.717) is 5.56 Å².